The third kappa shape index (κ3) is 3.04. The maximum Gasteiger partial charge on any atom is 0.334 e. The van der Waals surface area contributed by atoms with Crippen LogP contribution in [0, 0.1) is 5.82 Å². The van der Waals surface area contributed by atoms with Crippen LogP contribution in [0.4, 0.5) is 10.1 Å². The van der Waals surface area contributed by atoms with Gasteiger partial charge >= 0.3 is 5.97 Å². The second kappa shape index (κ2) is 6.02. The quantitative estimate of drug-likeness (QED) is 0.851. The van der Waals surface area contributed by atoms with Gasteiger partial charge < -0.3 is 14.8 Å². The summed E-state index contributed by atoms with van der Waals surface area (Å²) >= 11 is 0. The number of carbonyl (C=O) groups is 1. The van der Waals surface area contributed by atoms with Gasteiger partial charge in [-0.15, -0.1) is 0 Å². The number of esters is 1. The van der Waals surface area contributed by atoms with Crippen LogP contribution >= 0.6 is 0 Å². The maximum atomic E-state index is 13.7. The van der Waals surface area contributed by atoms with Gasteiger partial charge in [0.15, 0.2) is 5.54 Å². The Morgan fingerprint density at radius 3 is 2.95 bits per heavy atom. The first-order valence-electron chi connectivity index (χ1n) is 6.45. The van der Waals surface area contributed by atoms with Crippen molar-refractivity contribution in [1.29, 1.82) is 0 Å². The molecule has 0 amide bonds. The van der Waals surface area contributed by atoms with E-state index in [0.717, 1.165) is 6.42 Å². The van der Waals surface area contributed by atoms with E-state index in [2.05, 4.69) is 5.32 Å². The highest BCUT2D eigenvalue weighted by Crippen LogP contribution is 2.27. The average Bonchev–Trinajstić information content (AvgIpc) is 2.43. The van der Waals surface area contributed by atoms with Crippen molar-refractivity contribution in [1.82, 2.24) is 0 Å². The van der Waals surface area contributed by atoms with Gasteiger partial charge in [0, 0.05) is 6.61 Å². The van der Waals surface area contributed by atoms with Crippen LogP contribution in [0.3, 0.4) is 0 Å². The van der Waals surface area contributed by atoms with Crippen LogP contribution in [-0.4, -0.2) is 31.3 Å². The SMILES string of the molecule is CCOC(=O)C1(Nc2ccccc2F)CCCOC1. The van der Waals surface area contributed by atoms with Crippen molar-refractivity contribution in [3.05, 3.63) is 30.1 Å². The van der Waals surface area contributed by atoms with E-state index in [4.69, 9.17) is 9.47 Å². The molecule has 1 unspecified atom stereocenters. The molecule has 1 aliphatic rings. The van der Waals surface area contributed by atoms with Gasteiger partial charge in [0.25, 0.3) is 0 Å². The van der Waals surface area contributed by atoms with Crippen molar-refractivity contribution >= 4 is 11.7 Å². The molecule has 1 heterocycles. The smallest absolute Gasteiger partial charge is 0.334 e. The molecule has 1 fully saturated rings. The fraction of sp³-hybridized carbons (Fsp3) is 0.500. The maximum absolute atomic E-state index is 13.7. The molecular weight excluding hydrogens is 249 g/mol. The zero-order valence-electron chi connectivity index (χ0n) is 10.9. The lowest BCUT2D eigenvalue weighted by molar-refractivity contribution is -0.153. The Kier molecular flexibility index (Phi) is 4.37. The van der Waals surface area contributed by atoms with Crippen molar-refractivity contribution in [2.24, 2.45) is 0 Å². The third-order valence-electron chi connectivity index (χ3n) is 3.15. The number of benzene rings is 1. The fourth-order valence-corrected chi connectivity index (χ4v) is 2.19. The van der Waals surface area contributed by atoms with Crippen molar-refractivity contribution in [3.8, 4) is 0 Å². The molecule has 2 rings (SSSR count). The summed E-state index contributed by atoms with van der Waals surface area (Å²) in [6.07, 6.45) is 1.31. The summed E-state index contributed by atoms with van der Waals surface area (Å²) in [5, 5.41) is 2.97. The Morgan fingerprint density at radius 2 is 2.32 bits per heavy atom. The first-order chi connectivity index (χ1) is 9.18. The highest BCUT2D eigenvalue weighted by atomic mass is 19.1. The molecule has 1 saturated heterocycles. The summed E-state index contributed by atoms with van der Waals surface area (Å²) in [6, 6.07) is 6.28. The minimum absolute atomic E-state index is 0.195. The number of halogens is 1. The molecule has 104 valence electrons. The Balaban J connectivity index is 2.23. The van der Waals surface area contributed by atoms with Gasteiger partial charge in [0.2, 0.25) is 0 Å². The van der Waals surface area contributed by atoms with Crippen molar-refractivity contribution in [2.75, 3.05) is 25.1 Å². The zero-order chi connectivity index (χ0) is 13.7. The molecular formula is C14H18FNO3. The van der Waals surface area contributed by atoms with Crippen molar-refractivity contribution in [2.45, 2.75) is 25.3 Å². The van der Waals surface area contributed by atoms with E-state index in [1.807, 2.05) is 0 Å². The Bertz CT molecular complexity index is 444. The molecule has 1 aliphatic heterocycles. The lowest BCUT2D eigenvalue weighted by atomic mass is 9.92. The molecule has 0 radical (unpaired) electrons. The lowest BCUT2D eigenvalue weighted by Crippen LogP contribution is -2.53. The van der Waals surface area contributed by atoms with Gasteiger partial charge in [0.1, 0.15) is 5.82 Å². The van der Waals surface area contributed by atoms with E-state index in [0.29, 0.717) is 25.3 Å². The number of rotatable bonds is 4. The summed E-state index contributed by atoms with van der Waals surface area (Å²) in [5.74, 6) is -0.783. The van der Waals surface area contributed by atoms with Crippen molar-refractivity contribution in [3.63, 3.8) is 0 Å². The van der Waals surface area contributed by atoms with Crippen LogP contribution in [-0.2, 0) is 14.3 Å². The van der Waals surface area contributed by atoms with E-state index >= 15 is 0 Å². The Morgan fingerprint density at radius 1 is 1.53 bits per heavy atom. The van der Waals surface area contributed by atoms with Crippen LogP contribution in [0.15, 0.2) is 24.3 Å². The number of carbonyl (C=O) groups excluding carboxylic acids is 1. The second-order valence-electron chi connectivity index (χ2n) is 4.56. The zero-order valence-corrected chi connectivity index (χ0v) is 10.9. The number of hydrogen-bond acceptors (Lipinski definition) is 4. The van der Waals surface area contributed by atoms with Gasteiger partial charge in [-0.25, -0.2) is 9.18 Å². The number of ether oxygens (including phenoxy) is 2. The normalized spacial score (nSPS) is 22.8. The first kappa shape index (κ1) is 13.8. The lowest BCUT2D eigenvalue weighted by Gasteiger charge is -2.36. The first-order valence-corrected chi connectivity index (χ1v) is 6.45. The van der Waals surface area contributed by atoms with Crippen molar-refractivity contribution < 1.29 is 18.7 Å². The molecule has 1 aromatic rings. The number of nitrogens with one attached hydrogen (secondary N) is 1. The molecule has 5 heteroatoms. The molecule has 0 aromatic heterocycles. The van der Waals surface area contributed by atoms with Crippen LogP contribution < -0.4 is 5.32 Å². The molecule has 1 N–H and O–H groups in total. The number of anilines is 1. The van der Waals surface area contributed by atoms with Crippen LogP contribution in [0.1, 0.15) is 19.8 Å². The van der Waals surface area contributed by atoms with Gasteiger partial charge in [0.05, 0.1) is 18.9 Å². The monoisotopic (exact) mass is 267 g/mol. The topological polar surface area (TPSA) is 47.6 Å². The molecule has 0 spiro atoms. The number of para-hydroxylation sites is 1. The summed E-state index contributed by atoms with van der Waals surface area (Å²) in [7, 11) is 0. The fourth-order valence-electron chi connectivity index (χ4n) is 2.19. The Hall–Kier alpha value is -1.62. The number of hydrogen-bond donors (Lipinski definition) is 1. The second-order valence-corrected chi connectivity index (χ2v) is 4.56. The summed E-state index contributed by atoms with van der Waals surface area (Å²) in [6.45, 7) is 2.85. The van der Waals surface area contributed by atoms with Crippen LogP contribution in [0.25, 0.3) is 0 Å². The molecule has 4 nitrogen and oxygen atoms in total. The van der Waals surface area contributed by atoms with Gasteiger partial charge in [-0.2, -0.15) is 0 Å². The average molecular weight is 267 g/mol. The van der Waals surface area contributed by atoms with E-state index in [-0.39, 0.29) is 6.61 Å². The standard InChI is InChI=1S/C14H18FNO3/c1-2-19-13(17)14(8-5-9-18-10-14)16-12-7-4-3-6-11(12)15/h3-4,6-7,16H,2,5,8-10H2,1H3. The van der Waals surface area contributed by atoms with Crippen LogP contribution in [0.2, 0.25) is 0 Å². The summed E-state index contributed by atoms with van der Waals surface area (Å²) < 4.78 is 24.2. The highest BCUT2D eigenvalue weighted by Gasteiger charge is 2.42. The summed E-state index contributed by atoms with van der Waals surface area (Å²) in [4.78, 5) is 12.1. The minimum atomic E-state index is -0.990. The predicted octanol–water partition coefficient (Wildman–Crippen LogP) is 2.35. The molecule has 0 bridgehead atoms. The highest BCUT2D eigenvalue weighted by molar-refractivity contribution is 5.85. The van der Waals surface area contributed by atoms with E-state index in [1.54, 1.807) is 25.1 Å². The molecule has 0 aliphatic carbocycles. The Labute approximate surface area is 111 Å². The van der Waals surface area contributed by atoms with Crippen LogP contribution in [0.5, 0.6) is 0 Å². The predicted molar refractivity (Wildman–Crippen MR) is 69.4 cm³/mol. The van der Waals surface area contributed by atoms with Gasteiger partial charge in [-0.1, -0.05) is 12.1 Å². The molecule has 1 atom stereocenters. The summed E-state index contributed by atoms with van der Waals surface area (Å²) in [5.41, 5.74) is -0.697. The molecule has 0 saturated carbocycles. The van der Waals surface area contributed by atoms with E-state index < -0.39 is 17.3 Å². The van der Waals surface area contributed by atoms with E-state index in [1.165, 1.54) is 6.07 Å². The largest absolute Gasteiger partial charge is 0.464 e. The minimum Gasteiger partial charge on any atom is -0.464 e. The van der Waals surface area contributed by atoms with Gasteiger partial charge in [-0.05, 0) is 31.9 Å². The molecule has 19 heavy (non-hydrogen) atoms. The third-order valence-corrected chi connectivity index (χ3v) is 3.15. The molecule has 1 aromatic carbocycles. The van der Waals surface area contributed by atoms with E-state index in [9.17, 15) is 9.18 Å². The van der Waals surface area contributed by atoms with Gasteiger partial charge in [-0.3, -0.25) is 0 Å².